The Morgan fingerprint density at radius 1 is 0.941 bits per heavy atom. The van der Waals surface area contributed by atoms with Gasteiger partial charge in [-0.25, -0.2) is 9.97 Å². The topological polar surface area (TPSA) is 98.5 Å². The Kier molecular flexibility index (Phi) is 5.93. The fraction of sp³-hybridized carbons (Fsp3) is 0.148. The van der Waals surface area contributed by atoms with Crippen molar-refractivity contribution >= 4 is 27.9 Å². The average molecular weight is 452 g/mol. The summed E-state index contributed by atoms with van der Waals surface area (Å²) in [5.41, 5.74) is 11.2. The number of nitrogens with zero attached hydrogens (tertiary/aromatic N) is 4. The highest BCUT2D eigenvalue weighted by atomic mass is 16.5. The molecule has 0 aliphatic carbocycles. The van der Waals surface area contributed by atoms with E-state index in [1.165, 1.54) is 0 Å². The van der Waals surface area contributed by atoms with E-state index in [-0.39, 0.29) is 5.88 Å². The maximum atomic E-state index is 11.6. The Hall–Kier alpha value is -4.23. The van der Waals surface area contributed by atoms with Crippen LogP contribution in [0.15, 0.2) is 83.9 Å². The number of aliphatic imine (C=N–C) groups is 1. The van der Waals surface area contributed by atoms with Crippen LogP contribution in [0.4, 0.5) is 0 Å². The van der Waals surface area contributed by atoms with Crippen molar-refractivity contribution in [3.8, 4) is 17.3 Å². The number of hydrogen-bond acceptors (Lipinski definition) is 6. The van der Waals surface area contributed by atoms with E-state index in [0.717, 1.165) is 28.0 Å². The monoisotopic (exact) mass is 451 g/mol. The molecule has 0 aliphatic heterocycles. The van der Waals surface area contributed by atoms with Gasteiger partial charge in [-0.05, 0) is 43.3 Å². The molecule has 5 rings (SSSR count). The van der Waals surface area contributed by atoms with E-state index >= 15 is 0 Å². The molecule has 0 saturated heterocycles. The molecule has 34 heavy (non-hydrogen) atoms. The molecule has 0 saturated carbocycles. The van der Waals surface area contributed by atoms with Crippen molar-refractivity contribution in [2.75, 3.05) is 19.7 Å². The predicted octanol–water partition coefficient (Wildman–Crippen LogP) is 4.47. The molecular formula is C27H25N5O2. The molecule has 170 valence electrons. The van der Waals surface area contributed by atoms with Crippen LogP contribution in [0.25, 0.3) is 27.9 Å². The molecule has 2 aromatic heterocycles. The van der Waals surface area contributed by atoms with E-state index in [1.54, 1.807) is 4.57 Å². The van der Waals surface area contributed by atoms with Crippen molar-refractivity contribution in [2.24, 2.45) is 10.7 Å². The minimum absolute atomic E-state index is 0.0223. The third-order valence-electron chi connectivity index (χ3n) is 5.53. The van der Waals surface area contributed by atoms with Crippen LogP contribution in [-0.4, -0.2) is 45.0 Å². The number of aromatic nitrogens is 3. The summed E-state index contributed by atoms with van der Waals surface area (Å²) in [4.78, 5) is 14.5. The smallest absolute Gasteiger partial charge is 0.209 e. The van der Waals surface area contributed by atoms with Crippen LogP contribution in [0.5, 0.6) is 11.6 Å². The molecular weight excluding hydrogens is 426 g/mol. The lowest BCUT2D eigenvalue weighted by Gasteiger charge is -2.10. The van der Waals surface area contributed by atoms with Gasteiger partial charge in [0.15, 0.2) is 5.65 Å². The standard InChI is InChI=1S/C27H25N5O2/c1-2-34-20-14-12-19(13-15-20)32-26-25(30-21-10-6-7-11-22(21)31-26)23(27(32)33)24(29-17-16-28)18-8-4-3-5-9-18/h3-15,33H,2,16-17,28H2,1H3. The fourth-order valence-corrected chi connectivity index (χ4v) is 4.04. The van der Waals surface area contributed by atoms with E-state index in [2.05, 4.69) is 0 Å². The van der Waals surface area contributed by atoms with Gasteiger partial charge in [0.25, 0.3) is 0 Å². The Morgan fingerprint density at radius 2 is 1.62 bits per heavy atom. The van der Waals surface area contributed by atoms with Crippen molar-refractivity contribution in [3.05, 3.63) is 90.0 Å². The molecule has 7 nitrogen and oxygen atoms in total. The Morgan fingerprint density at radius 3 is 2.29 bits per heavy atom. The molecule has 0 atom stereocenters. The number of fused-ring (bicyclic) bond motifs is 2. The van der Waals surface area contributed by atoms with E-state index in [4.69, 9.17) is 25.4 Å². The van der Waals surface area contributed by atoms with Crippen molar-refractivity contribution in [2.45, 2.75) is 6.92 Å². The van der Waals surface area contributed by atoms with E-state index < -0.39 is 0 Å². The maximum absolute atomic E-state index is 11.6. The lowest BCUT2D eigenvalue weighted by atomic mass is 10.0. The summed E-state index contributed by atoms with van der Waals surface area (Å²) >= 11 is 0. The van der Waals surface area contributed by atoms with Gasteiger partial charge in [-0.15, -0.1) is 0 Å². The van der Waals surface area contributed by atoms with Crippen LogP contribution >= 0.6 is 0 Å². The molecule has 3 aromatic carbocycles. The molecule has 0 spiro atoms. The summed E-state index contributed by atoms with van der Waals surface area (Å²) in [6, 6.07) is 25.0. The highest BCUT2D eigenvalue weighted by Crippen LogP contribution is 2.36. The molecule has 0 bridgehead atoms. The predicted molar refractivity (Wildman–Crippen MR) is 135 cm³/mol. The number of aromatic hydroxyl groups is 1. The Bertz CT molecular complexity index is 1470. The fourth-order valence-electron chi connectivity index (χ4n) is 4.04. The molecule has 7 heteroatoms. The number of rotatable bonds is 7. The molecule has 0 fully saturated rings. The van der Waals surface area contributed by atoms with Gasteiger partial charge >= 0.3 is 0 Å². The number of ether oxygens (including phenoxy) is 1. The van der Waals surface area contributed by atoms with Crippen molar-refractivity contribution in [1.29, 1.82) is 0 Å². The summed E-state index contributed by atoms with van der Waals surface area (Å²) in [7, 11) is 0. The summed E-state index contributed by atoms with van der Waals surface area (Å²) in [6.07, 6.45) is 0. The largest absolute Gasteiger partial charge is 0.494 e. The minimum Gasteiger partial charge on any atom is -0.494 e. The second kappa shape index (κ2) is 9.33. The zero-order valence-electron chi connectivity index (χ0n) is 18.8. The van der Waals surface area contributed by atoms with Crippen LogP contribution in [0.1, 0.15) is 18.1 Å². The number of para-hydroxylation sites is 2. The average Bonchev–Trinajstić information content (AvgIpc) is 3.15. The normalized spacial score (nSPS) is 11.9. The highest BCUT2D eigenvalue weighted by Gasteiger charge is 2.25. The van der Waals surface area contributed by atoms with Crippen LogP contribution in [0.3, 0.4) is 0 Å². The quantitative estimate of drug-likeness (QED) is 0.356. The lowest BCUT2D eigenvalue weighted by molar-refractivity contribution is 0.340. The van der Waals surface area contributed by atoms with Crippen LogP contribution in [0, 0.1) is 0 Å². The van der Waals surface area contributed by atoms with Gasteiger partial charge in [0.05, 0.1) is 41.1 Å². The lowest BCUT2D eigenvalue weighted by Crippen LogP contribution is -2.09. The summed E-state index contributed by atoms with van der Waals surface area (Å²) in [6.45, 7) is 3.33. The highest BCUT2D eigenvalue weighted by molar-refractivity contribution is 6.20. The van der Waals surface area contributed by atoms with E-state index in [9.17, 15) is 5.11 Å². The van der Waals surface area contributed by atoms with Gasteiger partial charge in [0.1, 0.15) is 11.3 Å². The maximum Gasteiger partial charge on any atom is 0.209 e. The van der Waals surface area contributed by atoms with Gasteiger partial charge in [-0.3, -0.25) is 9.56 Å². The molecule has 2 heterocycles. The zero-order valence-corrected chi connectivity index (χ0v) is 18.8. The Balaban J connectivity index is 1.82. The van der Waals surface area contributed by atoms with Gasteiger partial charge in [0, 0.05) is 12.1 Å². The van der Waals surface area contributed by atoms with Gasteiger partial charge < -0.3 is 15.6 Å². The first-order chi connectivity index (χ1) is 16.7. The van der Waals surface area contributed by atoms with Crippen molar-refractivity contribution in [3.63, 3.8) is 0 Å². The number of hydrogen-bond donors (Lipinski definition) is 2. The molecule has 0 radical (unpaired) electrons. The van der Waals surface area contributed by atoms with Gasteiger partial charge in [0.2, 0.25) is 5.88 Å². The second-order valence-electron chi connectivity index (χ2n) is 7.73. The van der Waals surface area contributed by atoms with Crippen molar-refractivity contribution in [1.82, 2.24) is 14.5 Å². The first-order valence-electron chi connectivity index (χ1n) is 11.2. The second-order valence-corrected chi connectivity index (χ2v) is 7.73. The molecule has 5 aromatic rings. The first-order valence-corrected chi connectivity index (χ1v) is 11.2. The van der Waals surface area contributed by atoms with Crippen LogP contribution in [0.2, 0.25) is 0 Å². The molecule has 0 unspecified atom stereocenters. The molecule has 0 amide bonds. The number of benzene rings is 3. The van der Waals surface area contributed by atoms with E-state index in [1.807, 2.05) is 85.8 Å². The van der Waals surface area contributed by atoms with Crippen LogP contribution in [-0.2, 0) is 0 Å². The summed E-state index contributed by atoms with van der Waals surface area (Å²) in [5.74, 6) is 0.780. The number of nitrogens with two attached hydrogens (primary N) is 1. The summed E-state index contributed by atoms with van der Waals surface area (Å²) < 4.78 is 7.30. The molecule has 0 aliphatic rings. The third-order valence-corrected chi connectivity index (χ3v) is 5.53. The zero-order chi connectivity index (χ0) is 23.5. The first kappa shape index (κ1) is 21.6. The minimum atomic E-state index is 0.0223. The van der Waals surface area contributed by atoms with Crippen LogP contribution < -0.4 is 10.5 Å². The van der Waals surface area contributed by atoms with Gasteiger partial charge in [-0.2, -0.15) is 0 Å². The van der Waals surface area contributed by atoms with E-state index in [0.29, 0.717) is 42.1 Å². The SMILES string of the molecule is CCOc1ccc(-n2c(O)c(C(=NCCN)c3ccccc3)c3nc4ccccc4nc32)cc1. The van der Waals surface area contributed by atoms with Crippen molar-refractivity contribution < 1.29 is 9.84 Å². The third kappa shape index (κ3) is 3.86. The Labute approximate surface area is 197 Å². The van der Waals surface area contributed by atoms with Gasteiger partial charge in [-0.1, -0.05) is 42.5 Å². The summed E-state index contributed by atoms with van der Waals surface area (Å²) in [5, 5.41) is 11.6. The molecule has 3 N–H and O–H groups in total.